The molecular weight excluding hydrogens is 305 g/mol. The number of thioether (sulfide) groups is 1. The van der Waals surface area contributed by atoms with Crippen LogP contribution in [0.2, 0.25) is 0 Å². The predicted octanol–water partition coefficient (Wildman–Crippen LogP) is 1.70. The second kappa shape index (κ2) is 8.63. The van der Waals surface area contributed by atoms with Gasteiger partial charge in [0.15, 0.2) is 0 Å². The topological polar surface area (TPSA) is 61.4 Å². The van der Waals surface area contributed by atoms with Crippen LogP contribution in [-0.4, -0.2) is 54.5 Å². The van der Waals surface area contributed by atoms with E-state index in [2.05, 4.69) is 10.6 Å². The van der Waals surface area contributed by atoms with E-state index in [1.165, 1.54) is 24.3 Å². The number of nitrogens with zero attached hydrogens (tertiary/aromatic N) is 1. The molecule has 0 atom stereocenters. The van der Waals surface area contributed by atoms with Crippen LogP contribution < -0.4 is 10.6 Å². The van der Waals surface area contributed by atoms with Gasteiger partial charge in [-0.2, -0.15) is 11.8 Å². The summed E-state index contributed by atoms with van der Waals surface area (Å²) < 4.78 is 12.8. The van der Waals surface area contributed by atoms with Crippen LogP contribution in [0.3, 0.4) is 0 Å². The molecule has 3 amide bonds. The molecule has 0 bridgehead atoms. The number of rotatable bonds is 5. The van der Waals surface area contributed by atoms with Crippen LogP contribution >= 0.6 is 11.8 Å². The van der Waals surface area contributed by atoms with Crippen LogP contribution in [0.25, 0.3) is 0 Å². The van der Waals surface area contributed by atoms with E-state index in [9.17, 15) is 14.0 Å². The SMILES string of the molecule is O=C(NCCCNC(=O)N1CCSCC1)c1ccc(F)cc1. The van der Waals surface area contributed by atoms with Gasteiger partial charge >= 0.3 is 6.03 Å². The Morgan fingerprint density at radius 2 is 1.73 bits per heavy atom. The number of nitrogens with one attached hydrogen (secondary N) is 2. The Morgan fingerprint density at radius 1 is 1.09 bits per heavy atom. The second-order valence-corrected chi connectivity index (χ2v) is 6.17. The number of hydrogen-bond acceptors (Lipinski definition) is 3. The zero-order chi connectivity index (χ0) is 15.8. The van der Waals surface area contributed by atoms with Crippen molar-refractivity contribution in [3.8, 4) is 0 Å². The van der Waals surface area contributed by atoms with Crippen LogP contribution in [0.5, 0.6) is 0 Å². The van der Waals surface area contributed by atoms with Crippen molar-refractivity contribution >= 4 is 23.7 Å². The molecule has 7 heteroatoms. The van der Waals surface area contributed by atoms with E-state index in [1.807, 2.05) is 16.7 Å². The zero-order valence-electron chi connectivity index (χ0n) is 12.3. The van der Waals surface area contributed by atoms with Crippen LogP contribution in [0, 0.1) is 5.82 Å². The molecule has 1 aromatic rings. The van der Waals surface area contributed by atoms with Crippen molar-refractivity contribution in [2.45, 2.75) is 6.42 Å². The third-order valence-corrected chi connectivity index (χ3v) is 4.26. The lowest BCUT2D eigenvalue weighted by Gasteiger charge is -2.26. The number of hydrogen-bond donors (Lipinski definition) is 2. The van der Waals surface area contributed by atoms with Gasteiger partial charge in [0.25, 0.3) is 5.91 Å². The van der Waals surface area contributed by atoms with Crippen molar-refractivity contribution < 1.29 is 14.0 Å². The van der Waals surface area contributed by atoms with Gasteiger partial charge in [0.1, 0.15) is 5.82 Å². The number of urea groups is 1. The van der Waals surface area contributed by atoms with E-state index in [0.29, 0.717) is 25.1 Å². The molecule has 0 radical (unpaired) electrons. The van der Waals surface area contributed by atoms with Gasteiger partial charge in [-0.3, -0.25) is 4.79 Å². The normalized spacial score (nSPS) is 14.5. The first-order valence-corrected chi connectivity index (χ1v) is 8.46. The molecule has 0 aliphatic carbocycles. The molecule has 1 aliphatic rings. The molecule has 120 valence electrons. The van der Waals surface area contributed by atoms with E-state index < -0.39 is 0 Å². The summed E-state index contributed by atoms with van der Waals surface area (Å²) in [4.78, 5) is 25.4. The second-order valence-electron chi connectivity index (χ2n) is 4.95. The highest BCUT2D eigenvalue weighted by Gasteiger charge is 2.15. The van der Waals surface area contributed by atoms with E-state index in [-0.39, 0.29) is 17.8 Å². The summed E-state index contributed by atoms with van der Waals surface area (Å²) in [5.41, 5.74) is 0.427. The lowest BCUT2D eigenvalue weighted by Crippen LogP contribution is -2.44. The largest absolute Gasteiger partial charge is 0.352 e. The van der Waals surface area contributed by atoms with Gasteiger partial charge in [0.05, 0.1) is 0 Å². The minimum Gasteiger partial charge on any atom is -0.352 e. The molecule has 2 rings (SSSR count). The smallest absolute Gasteiger partial charge is 0.317 e. The van der Waals surface area contributed by atoms with Crippen molar-refractivity contribution in [2.75, 3.05) is 37.7 Å². The minimum atomic E-state index is -0.365. The maximum absolute atomic E-state index is 12.8. The van der Waals surface area contributed by atoms with Crippen LogP contribution in [0.4, 0.5) is 9.18 Å². The summed E-state index contributed by atoms with van der Waals surface area (Å²) in [5.74, 6) is 1.37. The fourth-order valence-electron chi connectivity index (χ4n) is 2.07. The molecule has 22 heavy (non-hydrogen) atoms. The molecule has 2 N–H and O–H groups in total. The van der Waals surface area contributed by atoms with E-state index >= 15 is 0 Å². The van der Waals surface area contributed by atoms with Crippen molar-refractivity contribution in [2.24, 2.45) is 0 Å². The van der Waals surface area contributed by atoms with Crippen molar-refractivity contribution in [3.05, 3.63) is 35.6 Å². The maximum Gasteiger partial charge on any atom is 0.317 e. The Hall–Kier alpha value is -1.76. The highest BCUT2D eigenvalue weighted by molar-refractivity contribution is 7.99. The van der Waals surface area contributed by atoms with Crippen LogP contribution in [0.1, 0.15) is 16.8 Å². The van der Waals surface area contributed by atoms with Gasteiger partial charge in [0.2, 0.25) is 0 Å². The quantitative estimate of drug-likeness (QED) is 0.810. The summed E-state index contributed by atoms with van der Waals surface area (Å²) in [7, 11) is 0. The highest BCUT2D eigenvalue weighted by Crippen LogP contribution is 2.08. The van der Waals surface area contributed by atoms with Gasteiger partial charge in [0, 0.05) is 43.2 Å². The van der Waals surface area contributed by atoms with Gasteiger partial charge in [-0.25, -0.2) is 9.18 Å². The Bertz CT molecular complexity index is 504. The number of halogens is 1. The fourth-order valence-corrected chi connectivity index (χ4v) is 2.97. The summed E-state index contributed by atoms with van der Waals surface area (Å²) in [6, 6.07) is 5.37. The lowest BCUT2D eigenvalue weighted by molar-refractivity contribution is 0.0953. The average Bonchev–Trinajstić information content (AvgIpc) is 2.55. The zero-order valence-corrected chi connectivity index (χ0v) is 13.1. The molecule has 0 saturated carbocycles. The van der Waals surface area contributed by atoms with Gasteiger partial charge < -0.3 is 15.5 Å². The molecule has 0 aromatic heterocycles. The van der Waals surface area contributed by atoms with E-state index in [0.717, 1.165) is 24.6 Å². The highest BCUT2D eigenvalue weighted by atomic mass is 32.2. The lowest BCUT2D eigenvalue weighted by atomic mass is 10.2. The summed E-state index contributed by atoms with van der Waals surface area (Å²) in [5, 5.41) is 5.59. The van der Waals surface area contributed by atoms with Gasteiger partial charge in [-0.05, 0) is 30.7 Å². The maximum atomic E-state index is 12.8. The number of benzene rings is 1. The molecule has 1 aromatic carbocycles. The molecular formula is C15H20FN3O2S. The van der Waals surface area contributed by atoms with Crippen LogP contribution in [0.15, 0.2) is 24.3 Å². The summed E-state index contributed by atoms with van der Waals surface area (Å²) in [6.07, 6.45) is 0.654. The Morgan fingerprint density at radius 3 is 2.41 bits per heavy atom. The summed E-state index contributed by atoms with van der Waals surface area (Å²) in [6.45, 7) is 2.56. The standard InChI is InChI=1S/C15H20FN3O2S/c16-13-4-2-12(3-5-13)14(20)17-6-1-7-18-15(21)19-8-10-22-11-9-19/h2-5H,1,6-11H2,(H,17,20)(H,18,21). The number of amides is 3. The molecule has 0 unspecified atom stereocenters. The molecule has 1 aliphatic heterocycles. The van der Waals surface area contributed by atoms with E-state index in [1.54, 1.807) is 0 Å². The minimum absolute atomic E-state index is 0.0369. The van der Waals surface area contributed by atoms with Crippen molar-refractivity contribution in [1.82, 2.24) is 15.5 Å². The van der Waals surface area contributed by atoms with Gasteiger partial charge in [-0.1, -0.05) is 0 Å². The third-order valence-electron chi connectivity index (χ3n) is 3.32. The molecule has 1 fully saturated rings. The number of carbonyl (C=O) groups is 2. The van der Waals surface area contributed by atoms with Crippen LogP contribution in [-0.2, 0) is 0 Å². The van der Waals surface area contributed by atoms with Crippen molar-refractivity contribution in [1.29, 1.82) is 0 Å². The first-order valence-electron chi connectivity index (χ1n) is 7.31. The molecule has 1 saturated heterocycles. The first-order chi connectivity index (χ1) is 10.7. The van der Waals surface area contributed by atoms with Gasteiger partial charge in [-0.15, -0.1) is 0 Å². The average molecular weight is 325 g/mol. The Labute approximate surface area is 133 Å². The Kier molecular flexibility index (Phi) is 6.51. The molecule has 5 nitrogen and oxygen atoms in total. The molecule has 0 spiro atoms. The third kappa shape index (κ3) is 5.22. The predicted molar refractivity (Wildman–Crippen MR) is 85.6 cm³/mol. The Balaban J connectivity index is 1.59. The van der Waals surface area contributed by atoms with E-state index in [4.69, 9.17) is 0 Å². The fraction of sp³-hybridized carbons (Fsp3) is 0.467. The summed E-state index contributed by atoms with van der Waals surface area (Å²) >= 11 is 1.86. The first kappa shape index (κ1) is 16.6. The number of carbonyl (C=O) groups excluding carboxylic acids is 2. The van der Waals surface area contributed by atoms with Crippen molar-refractivity contribution in [3.63, 3.8) is 0 Å². The monoisotopic (exact) mass is 325 g/mol. The molecule has 1 heterocycles.